The van der Waals surface area contributed by atoms with Crippen LogP contribution < -0.4 is 5.32 Å². The van der Waals surface area contributed by atoms with Crippen molar-refractivity contribution in [1.29, 1.82) is 0 Å². The maximum Gasteiger partial charge on any atom is 0.0991 e. The van der Waals surface area contributed by atoms with Gasteiger partial charge in [-0.1, -0.05) is 29.1 Å². The number of rotatable bonds is 6. The first-order valence-corrected chi connectivity index (χ1v) is 7.57. The van der Waals surface area contributed by atoms with Crippen LogP contribution in [0.5, 0.6) is 0 Å². The van der Waals surface area contributed by atoms with Gasteiger partial charge in [0.1, 0.15) is 0 Å². The number of thiophene rings is 1. The average molecular weight is 294 g/mol. The molecule has 0 radical (unpaired) electrons. The second-order valence-electron chi connectivity index (χ2n) is 3.21. The van der Waals surface area contributed by atoms with Crippen LogP contribution in [0.4, 0.5) is 0 Å². The number of terminal acetylenes is 1. The molecular formula is C11H13Cl2NS2. The lowest BCUT2D eigenvalue weighted by Gasteiger charge is -2.12. The van der Waals surface area contributed by atoms with Crippen LogP contribution >= 0.6 is 46.3 Å². The van der Waals surface area contributed by atoms with E-state index in [0.717, 1.165) is 32.3 Å². The highest BCUT2D eigenvalue weighted by Gasteiger charge is 2.12. The summed E-state index contributed by atoms with van der Waals surface area (Å²) in [7, 11) is 0. The first kappa shape index (κ1) is 14.2. The number of hydrogen-bond acceptors (Lipinski definition) is 3. The van der Waals surface area contributed by atoms with Gasteiger partial charge in [0, 0.05) is 18.3 Å². The molecule has 0 fully saturated rings. The number of hydrogen-bond donors (Lipinski definition) is 1. The summed E-state index contributed by atoms with van der Waals surface area (Å²) in [5, 5.41) is 3.39. The third-order valence-corrected chi connectivity index (χ3v) is 4.41. The van der Waals surface area contributed by atoms with Crippen LogP contribution in [0.3, 0.4) is 0 Å². The van der Waals surface area contributed by atoms with E-state index in [1.54, 1.807) is 11.8 Å². The van der Waals surface area contributed by atoms with E-state index in [-0.39, 0.29) is 6.04 Å². The van der Waals surface area contributed by atoms with E-state index in [0.29, 0.717) is 0 Å². The topological polar surface area (TPSA) is 12.0 Å². The van der Waals surface area contributed by atoms with Gasteiger partial charge in [0.05, 0.1) is 14.4 Å². The highest BCUT2D eigenvalue weighted by Crippen LogP contribution is 2.34. The van der Waals surface area contributed by atoms with Crippen LogP contribution in [0.1, 0.15) is 18.5 Å². The van der Waals surface area contributed by atoms with Gasteiger partial charge in [-0.25, -0.2) is 0 Å². The van der Waals surface area contributed by atoms with Crippen LogP contribution in [0.2, 0.25) is 8.67 Å². The van der Waals surface area contributed by atoms with Gasteiger partial charge in [-0.15, -0.1) is 29.5 Å². The third kappa shape index (κ3) is 4.57. The molecule has 0 aliphatic heterocycles. The quantitative estimate of drug-likeness (QED) is 0.627. The van der Waals surface area contributed by atoms with Crippen molar-refractivity contribution in [1.82, 2.24) is 5.32 Å². The second kappa shape index (κ2) is 7.47. The lowest BCUT2D eigenvalue weighted by atomic mass is 10.2. The van der Waals surface area contributed by atoms with E-state index in [2.05, 4.69) is 18.2 Å². The largest absolute Gasteiger partial charge is 0.309 e. The van der Waals surface area contributed by atoms with E-state index in [4.69, 9.17) is 29.6 Å². The van der Waals surface area contributed by atoms with E-state index < -0.39 is 0 Å². The van der Waals surface area contributed by atoms with Crippen molar-refractivity contribution in [2.75, 3.05) is 18.1 Å². The summed E-state index contributed by atoms with van der Waals surface area (Å²) >= 11 is 15.1. The smallest absolute Gasteiger partial charge is 0.0991 e. The van der Waals surface area contributed by atoms with Gasteiger partial charge >= 0.3 is 0 Å². The minimum Gasteiger partial charge on any atom is -0.309 e. The molecule has 1 rings (SSSR count). The second-order valence-corrected chi connectivity index (χ2v) is 6.60. The molecule has 1 nitrogen and oxygen atoms in total. The normalized spacial score (nSPS) is 12.4. The maximum atomic E-state index is 6.06. The van der Waals surface area contributed by atoms with Crippen molar-refractivity contribution < 1.29 is 0 Å². The number of halogens is 2. The fraction of sp³-hybridized carbons (Fsp3) is 0.455. The Morgan fingerprint density at radius 2 is 2.38 bits per heavy atom. The summed E-state index contributed by atoms with van der Waals surface area (Å²) < 4.78 is 1.50. The molecule has 16 heavy (non-hydrogen) atoms. The minimum atomic E-state index is 0.225. The monoisotopic (exact) mass is 293 g/mol. The van der Waals surface area contributed by atoms with E-state index in [1.807, 2.05) is 6.07 Å². The molecule has 0 aliphatic rings. The lowest BCUT2D eigenvalue weighted by molar-refractivity contribution is 0.603. The molecule has 88 valence electrons. The molecule has 0 amide bonds. The Kier molecular flexibility index (Phi) is 6.64. The summed E-state index contributed by atoms with van der Waals surface area (Å²) in [5.74, 6) is 4.37. The zero-order chi connectivity index (χ0) is 12.0. The first-order chi connectivity index (χ1) is 7.65. The van der Waals surface area contributed by atoms with Gasteiger partial charge in [0.15, 0.2) is 0 Å². The Labute approximate surface area is 115 Å². The molecule has 0 spiro atoms. The highest BCUT2D eigenvalue weighted by atomic mass is 35.5. The molecule has 0 aromatic carbocycles. The van der Waals surface area contributed by atoms with Crippen LogP contribution in [-0.2, 0) is 0 Å². The van der Waals surface area contributed by atoms with E-state index >= 15 is 0 Å². The highest BCUT2D eigenvalue weighted by molar-refractivity contribution is 7.99. The van der Waals surface area contributed by atoms with Crippen molar-refractivity contribution in [3.05, 3.63) is 20.3 Å². The average Bonchev–Trinajstić information content (AvgIpc) is 2.57. The molecule has 1 aromatic heterocycles. The van der Waals surface area contributed by atoms with Crippen molar-refractivity contribution in [3.8, 4) is 12.3 Å². The SMILES string of the molecule is C#CCSCCNC(C)c1cc(Cl)sc1Cl. The molecule has 1 unspecified atom stereocenters. The van der Waals surface area contributed by atoms with Crippen LogP contribution in [0.25, 0.3) is 0 Å². The zero-order valence-corrected chi connectivity index (χ0v) is 12.1. The minimum absolute atomic E-state index is 0.225. The fourth-order valence-corrected chi connectivity index (χ4v) is 3.41. The molecule has 0 bridgehead atoms. The molecule has 5 heteroatoms. The van der Waals surface area contributed by atoms with Crippen LogP contribution in [-0.4, -0.2) is 18.1 Å². The van der Waals surface area contributed by atoms with Crippen LogP contribution in [0.15, 0.2) is 6.07 Å². The Morgan fingerprint density at radius 3 is 2.94 bits per heavy atom. The van der Waals surface area contributed by atoms with Gasteiger partial charge in [-0.05, 0) is 18.6 Å². The van der Waals surface area contributed by atoms with Gasteiger partial charge < -0.3 is 5.32 Å². The van der Waals surface area contributed by atoms with Crippen molar-refractivity contribution in [2.45, 2.75) is 13.0 Å². The van der Waals surface area contributed by atoms with Gasteiger partial charge in [-0.2, -0.15) is 0 Å². The Hall–Kier alpha value is 0.150. The maximum absolute atomic E-state index is 6.06. The predicted molar refractivity (Wildman–Crippen MR) is 76.9 cm³/mol. The molecule has 1 aromatic rings. The Morgan fingerprint density at radius 1 is 1.62 bits per heavy atom. The molecule has 1 N–H and O–H groups in total. The van der Waals surface area contributed by atoms with Gasteiger partial charge in [0.25, 0.3) is 0 Å². The third-order valence-electron chi connectivity index (χ3n) is 2.03. The summed E-state index contributed by atoms with van der Waals surface area (Å²) in [6, 6.07) is 2.14. The predicted octanol–water partition coefficient (Wildman–Crippen LogP) is 4.07. The standard InChI is InChI=1S/C11H13Cl2NS2/c1-3-5-15-6-4-14-8(2)9-7-10(12)16-11(9)13/h1,7-8,14H,4-6H2,2H3. The number of nitrogens with one attached hydrogen (secondary N) is 1. The summed E-state index contributed by atoms with van der Waals surface area (Å²) in [6.07, 6.45) is 5.16. The Balaban J connectivity index is 2.33. The summed E-state index contributed by atoms with van der Waals surface area (Å²) in [5.41, 5.74) is 1.07. The van der Waals surface area contributed by atoms with E-state index in [1.165, 1.54) is 11.3 Å². The molecular weight excluding hydrogens is 281 g/mol. The van der Waals surface area contributed by atoms with Gasteiger partial charge in [-0.3, -0.25) is 0 Å². The van der Waals surface area contributed by atoms with Crippen molar-refractivity contribution in [3.63, 3.8) is 0 Å². The first-order valence-electron chi connectivity index (χ1n) is 4.84. The zero-order valence-electron chi connectivity index (χ0n) is 8.93. The Bertz CT molecular complexity index is 371. The van der Waals surface area contributed by atoms with Crippen molar-refractivity contribution in [2.24, 2.45) is 0 Å². The van der Waals surface area contributed by atoms with E-state index in [9.17, 15) is 0 Å². The summed E-state index contributed by atoms with van der Waals surface area (Å²) in [6.45, 7) is 2.99. The molecule has 1 heterocycles. The molecule has 0 saturated carbocycles. The fourth-order valence-electron chi connectivity index (χ4n) is 1.24. The molecule has 0 aliphatic carbocycles. The van der Waals surface area contributed by atoms with Gasteiger partial charge in [0.2, 0.25) is 0 Å². The molecule has 1 atom stereocenters. The van der Waals surface area contributed by atoms with Crippen LogP contribution in [0, 0.1) is 12.3 Å². The molecule has 0 saturated heterocycles. The lowest BCUT2D eigenvalue weighted by Crippen LogP contribution is -2.21. The van der Waals surface area contributed by atoms with Crippen molar-refractivity contribution >= 4 is 46.3 Å². The number of thioether (sulfide) groups is 1. The summed E-state index contributed by atoms with van der Waals surface area (Å²) in [4.78, 5) is 0.